The summed E-state index contributed by atoms with van der Waals surface area (Å²) in [5.74, 6) is -2.16. The second kappa shape index (κ2) is 74.3. The van der Waals surface area contributed by atoms with Crippen LogP contribution in [0.4, 0.5) is 0 Å². The van der Waals surface area contributed by atoms with Gasteiger partial charge in [0.1, 0.15) is 19.3 Å². The smallest absolute Gasteiger partial charge is 0.462 e. The number of rotatable bonds is 78. The van der Waals surface area contributed by atoms with Crippen molar-refractivity contribution in [2.45, 2.75) is 406 Å². The summed E-state index contributed by atoms with van der Waals surface area (Å²) in [7, 11) is -9.94. The van der Waals surface area contributed by atoms with E-state index < -0.39 is 97.5 Å². The predicted octanol–water partition coefficient (Wildman–Crippen LogP) is 23.7. The summed E-state index contributed by atoms with van der Waals surface area (Å²) < 4.78 is 68.7. The molecule has 19 heteroatoms. The molecule has 0 aromatic carbocycles. The van der Waals surface area contributed by atoms with E-state index in [2.05, 4.69) is 76.3 Å². The van der Waals surface area contributed by atoms with Crippen molar-refractivity contribution in [3.8, 4) is 0 Å². The highest BCUT2D eigenvalue weighted by Crippen LogP contribution is 2.45. The van der Waals surface area contributed by atoms with Gasteiger partial charge in [0.15, 0.2) is 12.2 Å². The van der Waals surface area contributed by atoms with Gasteiger partial charge in [-0.3, -0.25) is 37.3 Å². The first-order valence-corrected chi connectivity index (χ1v) is 43.9. The molecule has 586 valence electrons. The standard InChI is InChI=1S/C81H150O17P2/c1-5-9-13-17-21-25-29-33-37-41-45-49-53-57-61-65-78(83)91-71-76(97-80(85)67-63-59-55-51-47-43-39-35-31-27-23-19-15-11-7-3)73-95-99(87,88)93-69-75(82)70-94-100(89,90)96-74-77(98-81(86)68-64-60-56-52-48-44-40-36-32-28-24-20-16-12-8-4)72-92-79(84)66-62-58-54-50-46-42-38-34-30-26-22-18-14-10-6-2/h21,25-27,30-31,33,37,75-77,82H,5-20,22-24,28-29,32,34-36,38-74H2,1-4H3,(H,87,88)(H,89,90)/b25-21-,30-26-,31-27-,37-33-/t75-,76-,77-/m1/s1. The maximum absolute atomic E-state index is 13.1. The summed E-state index contributed by atoms with van der Waals surface area (Å²) >= 11 is 0. The third-order valence-corrected chi connectivity index (χ3v) is 19.7. The Morgan fingerprint density at radius 2 is 0.490 bits per heavy atom. The minimum atomic E-state index is -4.97. The average molecular weight is 1460 g/mol. The van der Waals surface area contributed by atoms with Crippen LogP contribution in [-0.2, 0) is 65.4 Å². The third-order valence-electron chi connectivity index (χ3n) is 17.8. The summed E-state index contributed by atoms with van der Waals surface area (Å²) in [6.07, 6.45) is 72.1. The van der Waals surface area contributed by atoms with Crippen LogP contribution in [0.2, 0.25) is 0 Å². The Kier molecular flexibility index (Phi) is 72.1. The molecule has 17 nitrogen and oxygen atoms in total. The fourth-order valence-corrected chi connectivity index (χ4v) is 13.1. The lowest BCUT2D eigenvalue weighted by Gasteiger charge is -2.21. The van der Waals surface area contributed by atoms with Crippen LogP contribution >= 0.6 is 15.6 Å². The van der Waals surface area contributed by atoms with Gasteiger partial charge in [-0.2, -0.15) is 0 Å². The van der Waals surface area contributed by atoms with Gasteiger partial charge in [0.05, 0.1) is 26.4 Å². The van der Waals surface area contributed by atoms with E-state index in [0.29, 0.717) is 25.7 Å². The number of phosphoric acid groups is 2. The number of hydrogen-bond donors (Lipinski definition) is 3. The van der Waals surface area contributed by atoms with Gasteiger partial charge in [-0.05, 0) is 109 Å². The van der Waals surface area contributed by atoms with E-state index in [1.54, 1.807) is 0 Å². The highest BCUT2D eigenvalue weighted by molar-refractivity contribution is 7.47. The largest absolute Gasteiger partial charge is 0.472 e. The van der Waals surface area contributed by atoms with Crippen molar-refractivity contribution >= 4 is 39.5 Å². The molecule has 0 aliphatic heterocycles. The molecule has 0 heterocycles. The molecule has 3 N–H and O–H groups in total. The average Bonchev–Trinajstić information content (AvgIpc) is 1.01. The molecule has 0 amide bonds. The molecule has 0 fully saturated rings. The summed E-state index contributed by atoms with van der Waals surface area (Å²) in [4.78, 5) is 73.0. The van der Waals surface area contributed by atoms with Crippen LogP contribution in [-0.4, -0.2) is 96.7 Å². The van der Waals surface area contributed by atoms with Crippen molar-refractivity contribution in [3.63, 3.8) is 0 Å². The van der Waals surface area contributed by atoms with E-state index in [4.69, 9.17) is 37.0 Å². The molecular formula is C81H150O17P2. The fourth-order valence-electron chi connectivity index (χ4n) is 11.5. The molecule has 0 radical (unpaired) electrons. The van der Waals surface area contributed by atoms with Crippen LogP contribution < -0.4 is 0 Å². The third kappa shape index (κ3) is 73.3. The predicted molar refractivity (Wildman–Crippen MR) is 409 cm³/mol. The van der Waals surface area contributed by atoms with E-state index in [1.807, 2.05) is 0 Å². The molecular weight excluding hydrogens is 1310 g/mol. The Morgan fingerprint density at radius 1 is 0.280 bits per heavy atom. The first-order valence-electron chi connectivity index (χ1n) is 40.9. The second-order valence-electron chi connectivity index (χ2n) is 27.7. The zero-order chi connectivity index (χ0) is 73.2. The highest BCUT2D eigenvalue weighted by Gasteiger charge is 2.30. The number of ether oxygens (including phenoxy) is 4. The Balaban J connectivity index is 5.33. The summed E-state index contributed by atoms with van der Waals surface area (Å²) in [6.45, 7) is 4.89. The molecule has 100 heavy (non-hydrogen) atoms. The topological polar surface area (TPSA) is 237 Å². The molecule has 0 saturated carbocycles. The van der Waals surface area contributed by atoms with Crippen LogP contribution in [0.5, 0.6) is 0 Å². The van der Waals surface area contributed by atoms with E-state index in [1.165, 1.54) is 148 Å². The quantitative estimate of drug-likeness (QED) is 0.0169. The number of aliphatic hydroxyl groups is 1. The zero-order valence-electron chi connectivity index (χ0n) is 64.1. The molecule has 2 unspecified atom stereocenters. The van der Waals surface area contributed by atoms with Gasteiger partial charge in [0, 0.05) is 25.7 Å². The normalized spacial score (nSPS) is 14.1. The lowest BCUT2D eigenvalue weighted by molar-refractivity contribution is -0.161. The SMILES string of the molecule is CCCCC/C=C\C/C=C\CCCCCCCC(=O)OC[C@H](COP(=O)(O)OC[C@@H](O)COP(=O)(O)OC[C@@H](COC(=O)CCCCCCCCC/C=C\CCCCCC)OC(=O)CCCCCCCCCCCCCCCCC)OC(=O)CCCCCCCCC/C=C\CCCCCC. The molecule has 0 saturated heterocycles. The summed E-state index contributed by atoms with van der Waals surface area (Å²) in [5.41, 5.74) is 0. The van der Waals surface area contributed by atoms with Gasteiger partial charge in [-0.1, -0.05) is 301 Å². The molecule has 0 aliphatic carbocycles. The van der Waals surface area contributed by atoms with Gasteiger partial charge in [0.2, 0.25) is 0 Å². The van der Waals surface area contributed by atoms with Crippen molar-refractivity contribution < 1.29 is 80.2 Å². The molecule has 5 atom stereocenters. The maximum Gasteiger partial charge on any atom is 0.472 e. The van der Waals surface area contributed by atoms with Crippen LogP contribution in [0.1, 0.15) is 387 Å². The number of carbonyl (C=O) groups is 4. The molecule has 0 bridgehead atoms. The van der Waals surface area contributed by atoms with E-state index >= 15 is 0 Å². The van der Waals surface area contributed by atoms with E-state index in [-0.39, 0.29) is 25.7 Å². The van der Waals surface area contributed by atoms with Crippen molar-refractivity contribution in [1.82, 2.24) is 0 Å². The van der Waals surface area contributed by atoms with Crippen molar-refractivity contribution in [3.05, 3.63) is 48.6 Å². The zero-order valence-corrected chi connectivity index (χ0v) is 65.9. The number of unbranched alkanes of at least 4 members (excludes halogenated alkanes) is 44. The van der Waals surface area contributed by atoms with Crippen molar-refractivity contribution in [2.75, 3.05) is 39.6 Å². The Hall–Kier alpha value is -2.98. The van der Waals surface area contributed by atoms with E-state index in [9.17, 15) is 43.2 Å². The highest BCUT2D eigenvalue weighted by atomic mass is 31.2. The summed E-state index contributed by atoms with van der Waals surface area (Å²) in [6, 6.07) is 0. The molecule has 0 rings (SSSR count). The molecule has 0 spiro atoms. The number of esters is 4. The Morgan fingerprint density at radius 3 is 0.780 bits per heavy atom. The van der Waals surface area contributed by atoms with Gasteiger partial charge in [-0.15, -0.1) is 0 Å². The first-order chi connectivity index (χ1) is 48.7. The van der Waals surface area contributed by atoms with Gasteiger partial charge < -0.3 is 33.8 Å². The molecule has 0 aliphatic rings. The minimum Gasteiger partial charge on any atom is -0.462 e. The van der Waals surface area contributed by atoms with Gasteiger partial charge >= 0.3 is 39.5 Å². The monoisotopic (exact) mass is 1460 g/mol. The minimum absolute atomic E-state index is 0.0919. The van der Waals surface area contributed by atoms with E-state index in [0.717, 1.165) is 161 Å². The fraction of sp³-hybridized carbons (Fsp3) is 0.852. The summed E-state index contributed by atoms with van der Waals surface area (Å²) in [5, 5.41) is 10.6. The first kappa shape index (κ1) is 97.0. The van der Waals surface area contributed by atoms with Gasteiger partial charge in [0.25, 0.3) is 0 Å². The molecule has 0 aromatic heterocycles. The lowest BCUT2D eigenvalue weighted by atomic mass is 10.0. The molecule has 0 aromatic rings. The van der Waals surface area contributed by atoms with Crippen molar-refractivity contribution in [1.29, 1.82) is 0 Å². The van der Waals surface area contributed by atoms with Crippen LogP contribution in [0.25, 0.3) is 0 Å². The lowest BCUT2D eigenvalue weighted by Crippen LogP contribution is -2.30. The van der Waals surface area contributed by atoms with Gasteiger partial charge in [-0.25, -0.2) is 9.13 Å². The number of allylic oxidation sites excluding steroid dienone is 8. The van der Waals surface area contributed by atoms with Crippen LogP contribution in [0.15, 0.2) is 48.6 Å². The Bertz CT molecular complexity index is 2080. The number of carbonyl (C=O) groups excluding carboxylic acids is 4. The van der Waals surface area contributed by atoms with Crippen molar-refractivity contribution in [2.24, 2.45) is 0 Å². The number of hydrogen-bond acceptors (Lipinski definition) is 15. The second-order valence-corrected chi connectivity index (χ2v) is 30.6. The maximum atomic E-state index is 13.1. The Labute approximate surface area is 610 Å². The number of phosphoric ester groups is 2. The van der Waals surface area contributed by atoms with Crippen LogP contribution in [0.3, 0.4) is 0 Å². The van der Waals surface area contributed by atoms with Crippen LogP contribution in [0, 0.1) is 0 Å². The number of aliphatic hydroxyl groups excluding tert-OH is 1.